The predicted molar refractivity (Wildman–Crippen MR) is 80.1 cm³/mol. The van der Waals surface area contributed by atoms with Crippen molar-refractivity contribution in [2.24, 2.45) is 0 Å². The molecule has 2 N–H and O–H groups in total. The SMILES string of the molecule is Cc1sc(NC(=O)c2ccc(Cl)cc2F)c(C(=O)O)c1C. The molecule has 110 valence electrons. The molecule has 0 aliphatic heterocycles. The number of aryl methyl sites for hydroxylation is 1. The molecule has 1 heterocycles. The van der Waals surface area contributed by atoms with Crippen LogP contribution in [0.1, 0.15) is 31.2 Å². The Balaban J connectivity index is 2.36. The van der Waals surface area contributed by atoms with E-state index < -0.39 is 17.7 Å². The number of hydrogen-bond donors (Lipinski definition) is 2. The number of carboxylic acids is 1. The Bertz CT molecular complexity index is 742. The van der Waals surface area contributed by atoms with E-state index in [1.807, 2.05) is 0 Å². The summed E-state index contributed by atoms with van der Waals surface area (Å²) in [5, 5.41) is 12.0. The van der Waals surface area contributed by atoms with Gasteiger partial charge in [0.25, 0.3) is 5.91 Å². The number of amides is 1. The molecule has 0 bridgehead atoms. The van der Waals surface area contributed by atoms with Gasteiger partial charge in [-0.1, -0.05) is 11.6 Å². The topological polar surface area (TPSA) is 66.4 Å². The van der Waals surface area contributed by atoms with Crippen LogP contribution >= 0.6 is 22.9 Å². The molecule has 0 saturated carbocycles. The van der Waals surface area contributed by atoms with Crippen LogP contribution < -0.4 is 5.32 Å². The van der Waals surface area contributed by atoms with Gasteiger partial charge in [0.2, 0.25) is 0 Å². The highest BCUT2D eigenvalue weighted by molar-refractivity contribution is 7.16. The second-order valence-electron chi connectivity index (χ2n) is 4.37. The van der Waals surface area contributed by atoms with Gasteiger partial charge in [-0.15, -0.1) is 11.3 Å². The fourth-order valence-corrected chi connectivity index (χ4v) is 3.02. The van der Waals surface area contributed by atoms with Crippen LogP contribution in [0, 0.1) is 19.7 Å². The number of rotatable bonds is 3. The fraction of sp³-hybridized carbons (Fsp3) is 0.143. The molecule has 2 aromatic rings. The third-order valence-corrected chi connectivity index (χ3v) is 4.36. The molecule has 0 fully saturated rings. The molecule has 0 radical (unpaired) electrons. The number of aromatic carboxylic acids is 1. The molecular formula is C14H11ClFNO3S. The van der Waals surface area contributed by atoms with Crippen LogP contribution in [0.5, 0.6) is 0 Å². The highest BCUT2D eigenvalue weighted by Gasteiger charge is 2.21. The molecule has 4 nitrogen and oxygen atoms in total. The van der Waals surface area contributed by atoms with Crippen LogP contribution in [0.4, 0.5) is 9.39 Å². The van der Waals surface area contributed by atoms with Gasteiger partial charge in [-0.3, -0.25) is 4.79 Å². The van der Waals surface area contributed by atoms with E-state index in [0.29, 0.717) is 5.56 Å². The summed E-state index contributed by atoms with van der Waals surface area (Å²) in [5.41, 5.74) is 0.416. The largest absolute Gasteiger partial charge is 0.478 e. The molecule has 2 rings (SSSR count). The molecule has 0 atom stereocenters. The highest BCUT2D eigenvalue weighted by atomic mass is 35.5. The van der Waals surface area contributed by atoms with Gasteiger partial charge in [-0.2, -0.15) is 0 Å². The molecule has 1 amide bonds. The van der Waals surface area contributed by atoms with Gasteiger partial charge in [0, 0.05) is 9.90 Å². The second kappa shape index (κ2) is 5.83. The minimum absolute atomic E-state index is 0.0280. The summed E-state index contributed by atoms with van der Waals surface area (Å²) in [4.78, 5) is 24.1. The summed E-state index contributed by atoms with van der Waals surface area (Å²) in [7, 11) is 0. The smallest absolute Gasteiger partial charge is 0.338 e. The lowest BCUT2D eigenvalue weighted by Crippen LogP contribution is -2.15. The first-order valence-electron chi connectivity index (χ1n) is 5.91. The van der Waals surface area contributed by atoms with E-state index in [4.69, 9.17) is 11.6 Å². The normalized spacial score (nSPS) is 10.5. The zero-order valence-electron chi connectivity index (χ0n) is 11.2. The van der Waals surface area contributed by atoms with Gasteiger partial charge >= 0.3 is 5.97 Å². The quantitative estimate of drug-likeness (QED) is 0.891. The second-order valence-corrected chi connectivity index (χ2v) is 6.03. The Morgan fingerprint density at radius 1 is 1.33 bits per heavy atom. The summed E-state index contributed by atoms with van der Waals surface area (Å²) in [6.07, 6.45) is 0. The third kappa shape index (κ3) is 3.06. The zero-order chi connectivity index (χ0) is 15.7. The number of thiophene rings is 1. The lowest BCUT2D eigenvalue weighted by atomic mass is 10.1. The lowest BCUT2D eigenvalue weighted by molar-refractivity contribution is 0.0697. The zero-order valence-corrected chi connectivity index (χ0v) is 12.7. The molecule has 1 aromatic heterocycles. The van der Waals surface area contributed by atoms with Gasteiger partial charge in [0.1, 0.15) is 10.8 Å². The number of carbonyl (C=O) groups is 2. The first-order chi connectivity index (χ1) is 9.81. The van der Waals surface area contributed by atoms with Gasteiger partial charge in [-0.05, 0) is 37.6 Å². The van der Waals surface area contributed by atoms with Crippen LogP contribution in [-0.2, 0) is 0 Å². The van der Waals surface area contributed by atoms with Crippen molar-refractivity contribution in [1.29, 1.82) is 0 Å². The molecule has 1 aromatic carbocycles. The molecule has 0 aliphatic carbocycles. The van der Waals surface area contributed by atoms with Crippen LogP contribution in [0.3, 0.4) is 0 Å². The monoisotopic (exact) mass is 327 g/mol. The summed E-state index contributed by atoms with van der Waals surface area (Å²) in [5.74, 6) is -2.61. The van der Waals surface area contributed by atoms with E-state index in [1.165, 1.54) is 12.1 Å². The Morgan fingerprint density at radius 2 is 2.00 bits per heavy atom. The molecule has 7 heteroatoms. The van der Waals surface area contributed by atoms with Gasteiger partial charge in [0.15, 0.2) is 0 Å². The molecule has 0 unspecified atom stereocenters. The predicted octanol–water partition coefficient (Wildman–Crippen LogP) is 4.11. The van der Waals surface area contributed by atoms with Crippen molar-refractivity contribution in [3.05, 3.63) is 50.6 Å². The summed E-state index contributed by atoms with van der Waals surface area (Å²) >= 11 is 6.77. The first-order valence-corrected chi connectivity index (χ1v) is 7.10. The molecule has 0 spiro atoms. The Hall–Kier alpha value is -1.92. The van der Waals surface area contributed by atoms with Crippen molar-refractivity contribution >= 4 is 39.8 Å². The maximum Gasteiger partial charge on any atom is 0.338 e. The molecule has 21 heavy (non-hydrogen) atoms. The Labute approximate surface area is 129 Å². The van der Waals surface area contributed by atoms with Crippen molar-refractivity contribution in [3.63, 3.8) is 0 Å². The van der Waals surface area contributed by atoms with E-state index >= 15 is 0 Å². The van der Waals surface area contributed by atoms with E-state index in [0.717, 1.165) is 22.3 Å². The third-order valence-electron chi connectivity index (χ3n) is 3.00. The van der Waals surface area contributed by atoms with Crippen molar-refractivity contribution in [2.45, 2.75) is 13.8 Å². The first kappa shape index (κ1) is 15.5. The van der Waals surface area contributed by atoms with Crippen LogP contribution in [0.2, 0.25) is 5.02 Å². The highest BCUT2D eigenvalue weighted by Crippen LogP contribution is 2.32. The minimum atomic E-state index is -1.14. The maximum absolute atomic E-state index is 13.7. The average molecular weight is 328 g/mol. The van der Waals surface area contributed by atoms with Crippen molar-refractivity contribution < 1.29 is 19.1 Å². The van der Waals surface area contributed by atoms with E-state index in [2.05, 4.69) is 5.32 Å². The maximum atomic E-state index is 13.7. The standard InChI is InChI=1S/C14H11ClFNO3S/c1-6-7(2)21-13(11(6)14(19)20)17-12(18)9-4-3-8(15)5-10(9)16/h3-5H,1-2H3,(H,17,18)(H,19,20). The van der Waals surface area contributed by atoms with Gasteiger partial charge in [0.05, 0.1) is 11.1 Å². The number of hydrogen-bond acceptors (Lipinski definition) is 3. The fourth-order valence-electron chi connectivity index (χ4n) is 1.82. The van der Waals surface area contributed by atoms with E-state index in [9.17, 15) is 19.1 Å². The number of carbonyl (C=O) groups excluding carboxylic acids is 1. The van der Waals surface area contributed by atoms with Crippen molar-refractivity contribution in [1.82, 2.24) is 0 Å². The van der Waals surface area contributed by atoms with E-state index in [-0.39, 0.29) is 21.2 Å². The number of anilines is 1. The molecular weight excluding hydrogens is 317 g/mol. The number of benzene rings is 1. The summed E-state index contributed by atoms with van der Waals surface area (Å²) in [6.45, 7) is 3.42. The average Bonchev–Trinajstić information content (AvgIpc) is 2.64. The Kier molecular flexibility index (Phi) is 4.29. The number of halogens is 2. The summed E-state index contributed by atoms with van der Waals surface area (Å²) in [6, 6.07) is 3.67. The number of nitrogens with one attached hydrogen (secondary N) is 1. The lowest BCUT2D eigenvalue weighted by Gasteiger charge is -2.06. The van der Waals surface area contributed by atoms with Crippen LogP contribution in [0.15, 0.2) is 18.2 Å². The number of carboxylic acid groups (broad SMARTS) is 1. The van der Waals surface area contributed by atoms with Crippen LogP contribution in [-0.4, -0.2) is 17.0 Å². The van der Waals surface area contributed by atoms with Gasteiger partial charge < -0.3 is 10.4 Å². The molecule has 0 saturated heterocycles. The van der Waals surface area contributed by atoms with Crippen molar-refractivity contribution in [3.8, 4) is 0 Å². The van der Waals surface area contributed by atoms with Gasteiger partial charge in [-0.25, -0.2) is 9.18 Å². The Morgan fingerprint density at radius 3 is 2.57 bits per heavy atom. The van der Waals surface area contributed by atoms with Crippen molar-refractivity contribution in [2.75, 3.05) is 5.32 Å². The molecule has 0 aliphatic rings. The summed E-state index contributed by atoms with van der Waals surface area (Å²) < 4.78 is 13.7. The minimum Gasteiger partial charge on any atom is -0.478 e. The van der Waals surface area contributed by atoms with E-state index in [1.54, 1.807) is 13.8 Å². The van der Waals surface area contributed by atoms with Crippen LogP contribution in [0.25, 0.3) is 0 Å².